The Hall–Kier alpha value is -4.81. The molecule has 12 aliphatic rings. The van der Waals surface area contributed by atoms with Gasteiger partial charge in [-0.05, 0) is 13.8 Å². The molecule has 0 saturated carbocycles. The third-order valence-corrected chi connectivity index (χ3v) is 27.0. The first-order valence-corrected chi connectivity index (χ1v) is 46.9. The minimum atomic E-state index is -2.67. The summed E-state index contributed by atoms with van der Waals surface area (Å²) < 4.78 is 139. The van der Waals surface area contributed by atoms with Crippen LogP contribution in [0, 0.1) is 0 Å². The maximum Gasteiger partial charge on any atom is 0.217 e. The summed E-state index contributed by atoms with van der Waals surface area (Å²) in [6.07, 6.45) is -117. The molecular weight excluding hydrogens is 2000 g/mol. The van der Waals surface area contributed by atoms with Crippen molar-refractivity contribution in [2.75, 3.05) is 66.1 Å². The van der Waals surface area contributed by atoms with Gasteiger partial charge in [-0.15, -0.1) is 0 Å². The molecule has 0 radical (unpaired) electrons. The van der Waals surface area contributed by atoms with Crippen molar-refractivity contribution in [1.82, 2.24) is 26.6 Å². The molecule has 64 nitrogen and oxygen atoms in total. The van der Waals surface area contributed by atoms with Crippen molar-refractivity contribution in [3.63, 3.8) is 0 Å². The summed E-state index contributed by atoms with van der Waals surface area (Å²) in [4.78, 5) is 65.9. The lowest BCUT2D eigenvalue weighted by atomic mass is 9.93. The zero-order valence-electron chi connectivity index (χ0n) is 79.0. The van der Waals surface area contributed by atoms with Crippen LogP contribution in [-0.4, -0.2) is 622 Å². The number of amides is 5. The Bertz CT molecular complexity index is 4090. The molecule has 12 saturated heterocycles. The van der Waals surface area contributed by atoms with Gasteiger partial charge in [0.05, 0.1) is 78.3 Å². The predicted molar refractivity (Wildman–Crippen MR) is 450 cm³/mol. The van der Waals surface area contributed by atoms with Crippen molar-refractivity contribution in [1.29, 1.82) is 0 Å². The van der Waals surface area contributed by atoms with E-state index in [1.54, 1.807) is 0 Å². The Morgan fingerprint density at radius 3 is 0.747 bits per heavy atom. The van der Waals surface area contributed by atoms with E-state index in [1.165, 1.54) is 13.8 Å². The van der Waals surface area contributed by atoms with Gasteiger partial charge >= 0.3 is 0 Å². The van der Waals surface area contributed by atoms with Crippen molar-refractivity contribution in [3.8, 4) is 0 Å². The van der Waals surface area contributed by atoms with Gasteiger partial charge in [0, 0.05) is 34.6 Å². The Morgan fingerprint density at radius 1 is 0.192 bits per heavy atom. The first kappa shape index (κ1) is 120. The second-order valence-corrected chi connectivity index (χ2v) is 37.3. The molecule has 844 valence electrons. The minimum absolute atomic E-state index is 0.858. The maximum absolute atomic E-state index is 13.7. The predicted octanol–water partition coefficient (Wildman–Crippen LogP) is -24.4. The van der Waals surface area contributed by atoms with E-state index >= 15 is 0 Å². The number of carbonyl (C=O) groups excluding carboxylic acids is 5. The molecule has 5 amide bonds. The number of hydrogen-bond acceptors (Lipinski definition) is 59. The summed E-state index contributed by atoms with van der Waals surface area (Å²) in [6.45, 7) is -4.87. The molecule has 12 aliphatic heterocycles. The molecule has 0 aromatic heterocycles. The lowest BCUT2D eigenvalue weighted by Crippen LogP contribution is -2.71. The van der Waals surface area contributed by atoms with Crippen molar-refractivity contribution in [2.24, 2.45) is 0 Å². The molecule has 12 fully saturated rings. The third kappa shape index (κ3) is 26.3. The monoisotopic (exact) mass is 2140 g/mol. The molecule has 0 bridgehead atoms. The van der Waals surface area contributed by atoms with E-state index in [4.69, 9.17) is 109 Å². The highest BCUT2D eigenvalue weighted by Gasteiger charge is 2.64. The van der Waals surface area contributed by atoms with E-state index in [0.29, 0.717) is 0 Å². The van der Waals surface area contributed by atoms with Crippen LogP contribution in [0.5, 0.6) is 0 Å². The summed E-state index contributed by atoms with van der Waals surface area (Å²) in [5, 5.41) is 363. The van der Waals surface area contributed by atoms with Crippen molar-refractivity contribution in [3.05, 3.63) is 0 Å². The van der Waals surface area contributed by atoms with E-state index in [1.807, 2.05) is 0 Å². The van der Waals surface area contributed by atoms with Crippen LogP contribution in [0.25, 0.3) is 0 Å². The number of aliphatic hydroxyl groups excluding tert-OH is 31. The standard InChI is InChI=1S/C82H137N5O59/c1-18-40(102)53(115)57(119)77(125-18)145-69-67(143-73-35(83-20(3)97)48(110)42(104)25(8-88)128-73)45(107)28(11-91)131-81(69)139-62-31(14-94)133-72(37(50(62)112)85-22(5)99)124-17-34-47(109)66(60(122)80(136-34)137-61-32(15-95)134-75(38(51(61)113)86-23(6)100)141-65-44(106)27(10-90)130-79(59(65)121)138-64-30(13-93)127-71(123)56(118)55(64)117)142-76-39(87-24(7)101)52(114)63(33(16-96)135-76)140-82-70(146-78-58(120)54(116)41(103)19(2)126-78)68(46(108)29(12-92)132-82)144-74-36(84-21(4)98)49(111)43(105)26(9-89)129-74/h18-19,25-82,88-96,102-123H,8-17H2,1-7H3,(H,83,97)(H,84,98)(H,85,99)(H,86,100)(H,87,101)/t18-,19-,25+,26+,27+,28+,29+,30+,31+,32+,33+,34+,35+,36+,37+,38+,39+,40+,41+,42-,43-,44-,45-,46-,47-,48+,49+,50+,51+,52+,53+,54+,55+,56+,57-,58-,59+,60+,61+,62+,63+,64+,65-,66-,67-,68-,69+,70+,71?,72+,73+,74+,75-,76-,77-,78-,79-,80-,81-,82-/m0/s1. The fraction of sp³-hybridized carbons (Fsp3) is 0.939. The third-order valence-electron chi connectivity index (χ3n) is 27.0. The van der Waals surface area contributed by atoms with Gasteiger partial charge in [0.25, 0.3) is 0 Å². The number of aliphatic hydroxyl groups is 31. The normalized spacial score (nSPS) is 49.8. The SMILES string of the molecule is CC(=O)N[C@H]1[C@H](O[C@H]2[C@@H](O)[C@@H](CO)O[C@@H](O[C@H]3[C@H](O)[C@@H](O)C(O)O[C@@H]3CO)[C@@H]2O)O[C@H](CO)[C@@H](O[C@@H]2O[C@H](CO[C@@H]3O[C@H](CO)[C@@H](O[C@@H]4O[C@H](CO)[C@H](O)[C@H](O[C@H]5O[C@H](CO)[C@H](O)[C@H](O)[C@H]5NC(C)=O)[C@H]4O[C@@H]4O[C@@H](C)[C@@H](O)[C@@H](O)[C@@H]4O)[C@H](O)[C@H]3NC(C)=O)[C@H](O)[C@H](O[C@@H]3O[C@H](CO)[C@@H](O[C@@H]4O[C@H](CO)[C@H](O)[C@H](O[C@H]5O[C@H](CO)[C@H](O)[C@H](O)[C@H]5NC(C)=O)[C@H]4O[C@@H]4O[C@@H](C)[C@@H](O)[C@@H](O)[C@@H]4O)[C@H](O)[C@H]3NC(C)=O)[C@H]2O)[C@@H]1O. The fourth-order valence-corrected chi connectivity index (χ4v) is 19.2. The Morgan fingerprint density at radius 2 is 0.418 bits per heavy atom. The number of nitrogens with one attached hydrogen (secondary N) is 5. The summed E-state index contributed by atoms with van der Waals surface area (Å²) >= 11 is 0. The zero-order chi connectivity index (χ0) is 107. The average molecular weight is 2140 g/mol. The molecule has 36 N–H and O–H groups in total. The van der Waals surface area contributed by atoms with Crippen molar-refractivity contribution < 1.29 is 291 Å². The first-order chi connectivity index (χ1) is 69.0. The largest absolute Gasteiger partial charge is 0.394 e. The smallest absolute Gasteiger partial charge is 0.217 e. The molecule has 12 rings (SSSR count). The second-order valence-electron chi connectivity index (χ2n) is 37.3. The molecule has 0 aliphatic carbocycles. The first-order valence-electron chi connectivity index (χ1n) is 46.9. The van der Waals surface area contributed by atoms with Gasteiger partial charge in [-0.3, -0.25) is 24.0 Å². The molecule has 12 heterocycles. The van der Waals surface area contributed by atoms with Crippen molar-refractivity contribution in [2.45, 2.75) is 417 Å². The average Bonchev–Trinajstić information content (AvgIpc) is 0.758. The van der Waals surface area contributed by atoms with Gasteiger partial charge in [-0.1, -0.05) is 0 Å². The lowest BCUT2D eigenvalue weighted by Gasteiger charge is -2.52. The van der Waals surface area contributed by atoms with Gasteiger partial charge < -0.3 is 294 Å². The molecule has 0 aromatic carbocycles. The van der Waals surface area contributed by atoms with Crippen LogP contribution in [0.4, 0.5) is 0 Å². The maximum atomic E-state index is 13.7. The van der Waals surface area contributed by atoms with E-state index in [2.05, 4.69) is 26.6 Å². The minimum Gasteiger partial charge on any atom is -0.394 e. The molecule has 60 atom stereocenters. The molecule has 0 spiro atoms. The molecule has 64 heteroatoms. The Labute approximate surface area is 827 Å². The van der Waals surface area contributed by atoms with E-state index in [-0.39, 0.29) is 0 Å². The Kier molecular flexibility index (Phi) is 42.8. The van der Waals surface area contributed by atoms with Crippen LogP contribution in [0.15, 0.2) is 0 Å². The van der Waals surface area contributed by atoms with E-state index in [0.717, 1.165) is 34.6 Å². The van der Waals surface area contributed by atoms with Crippen LogP contribution in [0.1, 0.15) is 48.5 Å². The Balaban J connectivity index is 0.883. The highest BCUT2D eigenvalue weighted by Crippen LogP contribution is 2.44. The van der Waals surface area contributed by atoms with Crippen LogP contribution in [0.3, 0.4) is 0 Å². The number of carbonyl (C=O) groups is 5. The lowest BCUT2D eigenvalue weighted by molar-refractivity contribution is -0.403. The molecule has 1 unspecified atom stereocenters. The van der Waals surface area contributed by atoms with Gasteiger partial charge in [-0.2, -0.15) is 0 Å². The van der Waals surface area contributed by atoms with Gasteiger partial charge in [-0.25, -0.2) is 0 Å². The van der Waals surface area contributed by atoms with Crippen LogP contribution >= 0.6 is 0 Å². The topological polar surface area (TPSA) is 985 Å². The highest BCUT2D eigenvalue weighted by atomic mass is 16.8. The summed E-state index contributed by atoms with van der Waals surface area (Å²) in [5.41, 5.74) is 0. The molecular formula is C82H137N5O59. The fourth-order valence-electron chi connectivity index (χ4n) is 19.2. The summed E-state index contributed by atoms with van der Waals surface area (Å²) in [7, 11) is 0. The van der Waals surface area contributed by atoms with Gasteiger partial charge in [0.15, 0.2) is 75.5 Å². The molecule has 0 aromatic rings. The van der Waals surface area contributed by atoms with Crippen LogP contribution in [0.2, 0.25) is 0 Å². The highest BCUT2D eigenvalue weighted by molar-refractivity contribution is 5.75. The van der Waals surface area contributed by atoms with Gasteiger partial charge in [0.2, 0.25) is 29.5 Å². The van der Waals surface area contributed by atoms with Gasteiger partial charge in [0.1, 0.15) is 280 Å². The molecule has 146 heavy (non-hydrogen) atoms. The second kappa shape index (κ2) is 52.2. The van der Waals surface area contributed by atoms with Crippen molar-refractivity contribution >= 4 is 29.5 Å². The number of ether oxygens (including phenoxy) is 23. The quantitative estimate of drug-likeness (QED) is 0.0275. The van der Waals surface area contributed by atoms with Crippen LogP contribution in [-0.2, 0) is 133 Å². The zero-order valence-corrected chi connectivity index (χ0v) is 79.0. The number of rotatable bonds is 37. The van der Waals surface area contributed by atoms with E-state index in [9.17, 15) is 182 Å². The summed E-state index contributed by atoms with van der Waals surface area (Å²) in [6, 6.07) is -10.0. The number of hydrogen-bond donors (Lipinski definition) is 36. The summed E-state index contributed by atoms with van der Waals surface area (Å²) in [5.74, 6) is -4.96. The van der Waals surface area contributed by atoms with Crippen LogP contribution < -0.4 is 26.6 Å². The van der Waals surface area contributed by atoms with E-state index < -0.39 is 464 Å².